The molecule has 6 nitrogen and oxygen atoms in total. The fourth-order valence-electron chi connectivity index (χ4n) is 3.87. The summed E-state index contributed by atoms with van der Waals surface area (Å²) in [6.45, 7) is 4.33. The maximum atomic E-state index is 12.5. The second kappa shape index (κ2) is 6.96. The number of fused-ring (bicyclic) bond motifs is 3. The van der Waals surface area contributed by atoms with E-state index in [0.717, 1.165) is 47.6 Å². The van der Waals surface area contributed by atoms with E-state index in [-0.39, 0.29) is 5.56 Å². The molecule has 0 aliphatic carbocycles. The molecule has 0 unspecified atom stereocenters. The van der Waals surface area contributed by atoms with Crippen molar-refractivity contribution in [3.05, 3.63) is 69.7 Å². The van der Waals surface area contributed by atoms with E-state index in [9.17, 15) is 4.79 Å². The average molecular weight is 394 g/mol. The summed E-state index contributed by atoms with van der Waals surface area (Å²) in [6, 6.07) is 15.8. The highest BCUT2D eigenvalue weighted by Gasteiger charge is 2.19. The summed E-state index contributed by atoms with van der Waals surface area (Å²) in [5.74, 6) is 0.710. The molecule has 2 aromatic heterocycles. The van der Waals surface area contributed by atoms with Crippen molar-refractivity contribution >= 4 is 39.2 Å². The molecule has 4 aromatic rings. The quantitative estimate of drug-likeness (QED) is 0.560. The molecule has 1 fully saturated rings. The summed E-state index contributed by atoms with van der Waals surface area (Å²) in [7, 11) is 0. The van der Waals surface area contributed by atoms with Gasteiger partial charge in [-0.25, -0.2) is 4.98 Å². The van der Waals surface area contributed by atoms with Crippen molar-refractivity contribution < 1.29 is 0 Å². The van der Waals surface area contributed by atoms with Crippen LogP contribution < -0.4 is 10.5 Å². The molecule has 2 N–H and O–H groups in total. The Labute approximate surface area is 166 Å². The van der Waals surface area contributed by atoms with Crippen LogP contribution in [0.1, 0.15) is 5.82 Å². The number of benzene rings is 2. The molecule has 0 saturated carbocycles. The van der Waals surface area contributed by atoms with Crippen LogP contribution in [-0.4, -0.2) is 46.0 Å². The maximum absolute atomic E-state index is 12.5. The van der Waals surface area contributed by atoms with E-state index in [1.54, 1.807) is 0 Å². The molecule has 3 heterocycles. The Kier molecular flexibility index (Phi) is 4.30. The normalized spacial score (nSPS) is 15.5. The van der Waals surface area contributed by atoms with Crippen LogP contribution in [0.25, 0.3) is 21.9 Å². The molecule has 1 aliphatic rings. The number of aromatic nitrogens is 3. The van der Waals surface area contributed by atoms with Gasteiger partial charge in [-0.3, -0.25) is 9.69 Å². The second-order valence-corrected chi connectivity index (χ2v) is 7.58. The van der Waals surface area contributed by atoms with Crippen LogP contribution in [0.5, 0.6) is 0 Å². The molecule has 142 valence electrons. The molecule has 0 amide bonds. The third kappa shape index (κ3) is 3.15. The van der Waals surface area contributed by atoms with Crippen molar-refractivity contribution in [2.24, 2.45) is 0 Å². The van der Waals surface area contributed by atoms with E-state index in [0.29, 0.717) is 17.9 Å². The van der Waals surface area contributed by atoms with E-state index < -0.39 is 0 Å². The van der Waals surface area contributed by atoms with Gasteiger partial charge in [0.25, 0.3) is 5.56 Å². The minimum atomic E-state index is -0.115. The lowest BCUT2D eigenvalue weighted by molar-refractivity contribution is 0.244. The number of halogens is 1. The van der Waals surface area contributed by atoms with Crippen LogP contribution in [0.3, 0.4) is 0 Å². The first-order valence-electron chi connectivity index (χ1n) is 9.40. The third-order valence-corrected chi connectivity index (χ3v) is 5.60. The smallest absolute Gasteiger partial charge is 0.275 e. The lowest BCUT2D eigenvalue weighted by Gasteiger charge is -2.35. The first-order valence-corrected chi connectivity index (χ1v) is 9.78. The van der Waals surface area contributed by atoms with Crippen LogP contribution >= 0.6 is 11.6 Å². The highest BCUT2D eigenvalue weighted by Crippen LogP contribution is 2.22. The van der Waals surface area contributed by atoms with Crippen molar-refractivity contribution in [2.45, 2.75) is 6.54 Å². The summed E-state index contributed by atoms with van der Waals surface area (Å²) in [5.41, 5.74) is 3.29. The number of piperazine rings is 1. The molecule has 0 radical (unpaired) electrons. The largest absolute Gasteiger partial charge is 0.369 e. The molecule has 1 aliphatic heterocycles. The number of aromatic amines is 2. The Morgan fingerprint density at radius 3 is 2.50 bits per heavy atom. The first-order chi connectivity index (χ1) is 13.7. The number of anilines is 1. The Morgan fingerprint density at radius 1 is 0.964 bits per heavy atom. The number of nitrogens with one attached hydrogen (secondary N) is 2. The van der Waals surface area contributed by atoms with Gasteiger partial charge in [0.05, 0.1) is 6.54 Å². The zero-order chi connectivity index (χ0) is 19.1. The average Bonchev–Trinajstić information content (AvgIpc) is 3.09. The molecular formula is C21H20ClN5O. The van der Waals surface area contributed by atoms with Gasteiger partial charge in [0, 0.05) is 47.8 Å². The van der Waals surface area contributed by atoms with Crippen LogP contribution in [0, 0.1) is 0 Å². The number of nitrogens with zero attached hydrogens (tertiary/aromatic N) is 3. The van der Waals surface area contributed by atoms with Gasteiger partial charge in [0.1, 0.15) is 16.9 Å². The standard InChI is InChI=1S/C21H20ClN5O/c22-14-5-7-15(8-6-14)27-11-9-26(10-12-27)13-18-24-19-16-3-1-2-4-17(16)23-20(19)21(28)25-18/h1-8,23H,9-13H2,(H,24,25,28). The van der Waals surface area contributed by atoms with Gasteiger partial charge in [-0.1, -0.05) is 29.8 Å². The zero-order valence-electron chi connectivity index (χ0n) is 15.3. The Bertz CT molecular complexity index is 1190. The lowest BCUT2D eigenvalue weighted by Crippen LogP contribution is -2.46. The molecular weight excluding hydrogens is 374 g/mol. The van der Waals surface area contributed by atoms with E-state index >= 15 is 0 Å². The van der Waals surface area contributed by atoms with Gasteiger partial charge in [0.15, 0.2) is 0 Å². The van der Waals surface area contributed by atoms with Crippen LogP contribution in [0.15, 0.2) is 53.3 Å². The van der Waals surface area contributed by atoms with Crippen molar-refractivity contribution in [3.63, 3.8) is 0 Å². The SMILES string of the molecule is O=c1[nH]c(CN2CCN(c3ccc(Cl)cc3)CC2)nc2c1[nH]c1ccccc12. The monoisotopic (exact) mass is 393 g/mol. The Morgan fingerprint density at radius 2 is 1.71 bits per heavy atom. The number of H-pyrrole nitrogens is 2. The molecule has 5 rings (SSSR count). The van der Waals surface area contributed by atoms with Gasteiger partial charge in [0.2, 0.25) is 0 Å². The maximum Gasteiger partial charge on any atom is 0.275 e. The van der Waals surface area contributed by atoms with Crippen molar-refractivity contribution in [3.8, 4) is 0 Å². The predicted molar refractivity (Wildman–Crippen MR) is 113 cm³/mol. The summed E-state index contributed by atoms with van der Waals surface area (Å²) in [5, 5.41) is 1.74. The summed E-state index contributed by atoms with van der Waals surface area (Å²) < 4.78 is 0. The highest BCUT2D eigenvalue weighted by atomic mass is 35.5. The number of hydrogen-bond donors (Lipinski definition) is 2. The zero-order valence-corrected chi connectivity index (χ0v) is 16.0. The van der Waals surface area contributed by atoms with Gasteiger partial charge in [-0.05, 0) is 30.3 Å². The molecule has 2 aromatic carbocycles. The molecule has 0 spiro atoms. The fraction of sp³-hybridized carbons (Fsp3) is 0.238. The van der Waals surface area contributed by atoms with Crippen LogP contribution in [0.2, 0.25) is 5.02 Å². The molecule has 1 saturated heterocycles. The number of rotatable bonds is 3. The van der Waals surface area contributed by atoms with Gasteiger partial charge < -0.3 is 14.9 Å². The minimum absolute atomic E-state index is 0.115. The lowest BCUT2D eigenvalue weighted by atomic mass is 10.2. The van der Waals surface area contributed by atoms with Crippen molar-refractivity contribution in [2.75, 3.05) is 31.1 Å². The van der Waals surface area contributed by atoms with Gasteiger partial charge >= 0.3 is 0 Å². The molecule has 7 heteroatoms. The number of para-hydroxylation sites is 1. The van der Waals surface area contributed by atoms with E-state index in [1.807, 2.05) is 36.4 Å². The minimum Gasteiger partial charge on any atom is -0.369 e. The molecule has 28 heavy (non-hydrogen) atoms. The Hall–Kier alpha value is -2.83. The van der Waals surface area contributed by atoms with Gasteiger partial charge in [-0.2, -0.15) is 0 Å². The number of hydrogen-bond acceptors (Lipinski definition) is 4. The van der Waals surface area contributed by atoms with E-state index in [1.165, 1.54) is 5.69 Å². The van der Waals surface area contributed by atoms with Crippen molar-refractivity contribution in [1.29, 1.82) is 0 Å². The molecule has 0 atom stereocenters. The van der Waals surface area contributed by atoms with E-state index in [4.69, 9.17) is 16.6 Å². The fourth-order valence-corrected chi connectivity index (χ4v) is 3.99. The second-order valence-electron chi connectivity index (χ2n) is 7.15. The first kappa shape index (κ1) is 17.3. The summed E-state index contributed by atoms with van der Waals surface area (Å²) in [4.78, 5) is 28.0. The topological polar surface area (TPSA) is 68.0 Å². The predicted octanol–water partition coefficient (Wildman–Crippen LogP) is 3.38. The Balaban J connectivity index is 1.34. The van der Waals surface area contributed by atoms with E-state index in [2.05, 4.69) is 31.9 Å². The van der Waals surface area contributed by atoms with Crippen LogP contribution in [0.4, 0.5) is 5.69 Å². The van der Waals surface area contributed by atoms with Crippen LogP contribution in [-0.2, 0) is 6.54 Å². The van der Waals surface area contributed by atoms with Crippen molar-refractivity contribution in [1.82, 2.24) is 19.9 Å². The highest BCUT2D eigenvalue weighted by molar-refractivity contribution is 6.30. The summed E-state index contributed by atoms with van der Waals surface area (Å²) >= 11 is 5.98. The molecule has 0 bridgehead atoms. The summed E-state index contributed by atoms with van der Waals surface area (Å²) in [6.07, 6.45) is 0. The third-order valence-electron chi connectivity index (χ3n) is 5.35. The van der Waals surface area contributed by atoms with Gasteiger partial charge in [-0.15, -0.1) is 0 Å².